The van der Waals surface area contributed by atoms with Crippen molar-refractivity contribution in [1.82, 2.24) is 4.90 Å². The number of anilines is 1. The number of rotatable bonds is 4. The molecule has 0 unspecified atom stereocenters. The summed E-state index contributed by atoms with van der Waals surface area (Å²) in [4.78, 5) is 11.5. The first-order chi connectivity index (χ1) is 15.3. The fraction of sp³-hybridized carbons (Fsp3) is 0.444. The van der Waals surface area contributed by atoms with Crippen LogP contribution in [-0.2, 0) is 0 Å². The van der Waals surface area contributed by atoms with Gasteiger partial charge in [-0.15, -0.1) is 0 Å². The molecule has 2 atom stereocenters. The summed E-state index contributed by atoms with van der Waals surface area (Å²) in [5, 5.41) is 1.12. The van der Waals surface area contributed by atoms with Gasteiger partial charge >= 0.3 is 0 Å². The normalized spacial score (nSPS) is 23.2. The molecule has 5 heteroatoms. The second kappa shape index (κ2) is 7.87. The average molecular weight is 448 g/mol. The monoisotopic (exact) mass is 447 g/mol. The summed E-state index contributed by atoms with van der Waals surface area (Å²) in [6.45, 7) is 16.1. The highest BCUT2D eigenvalue weighted by atomic mass is 32.2. The third-order valence-corrected chi connectivity index (χ3v) is 8.26. The lowest BCUT2D eigenvalue weighted by Gasteiger charge is -2.51. The van der Waals surface area contributed by atoms with Crippen LogP contribution in [0, 0.1) is 12.8 Å². The predicted molar refractivity (Wildman–Crippen MR) is 136 cm³/mol. The predicted octanol–water partition coefficient (Wildman–Crippen LogP) is 6.48. The van der Waals surface area contributed by atoms with Crippen LogP contribution >= 0.6 is 11.8 Å². The van der Waals surface area contributed by atoms with Crippen molar-refractivity contribution in [3.8, 4) is 5.75 Å². The fourth-order valence-corrected chi connectivity index (χ4v) is 6.51. The van der Waals surface area contributed by atoms with Gasteiger partial charge in [0.2, 0.25) is 0 Å². The van der Waals surface area contributed by atoms with Crippen molar-refractivity contribution in [3.63, 3.8) is 0 Å². The fourth-order valence-electron chi connectivity index (χ4n) is 5.35. The molecule has 168 valence electrons. The maximum absolute atomic E-state index is 6.39. The van der Waals surface area contributed by atoms with E-state index in [1.54, 1.807) is 0 Å². The van der Waals surface area contributed by atoms with Crippen molar-refractivity contribution < 1.29 is 4.74 Å². The van der Waals surface area contributed by atoms with Gasteiger partial charge in [0.05, 0.1) is 18.3 Å². The standard InChI is InChI=1S/C27H33N3OS/c1-7-29(8-2)20-13-14-21-23(15-20)31-16-22-24(21)28-26-30(27(22,5)6)25(18(4)32-26)19-11-9-17(3)10-12-19/h9-15,22,24H,7-8,16H2,1-6H3/t22-,24-/m0/s1. The largest absolute Gasteiger partial charge is 0.493 e. The summed E-state index contributed by atoms with van der Waals surface area (Å²) >= 11 is 1.81. The van der Waals surface area contributed by atoms with E-state index in [9.17, 15) is 0 Å². The topological polar surface area (TPSA) is 28.1 Å². The average Bonchev–Trinajstić information content (AvgIpc) is 3.11. The van der Waals surface area contributed by atoms with Gasteiger partial charge < -0.3 is 14.5 Å². The number of aliphatic imine (C=N–C) groups is 1. The molecule has 32 heavy (non-hydrogen) atoms. The summed E-state index contributed by atoms with van der Waals surface area (Å²) < 4.78 is 6.39. The molecule has 0 N–H and O–H groups in total. The maximum Gasteiger partial charge on any atom is 0.169 e. The van der Waals surface area contributed by atoms with Gasteiger partial charge in [-0.1, -0.05) is 47.7 Å². The zero-order chi connectivity index (χ0) is 22.6. The SMILES string of the molecule is CCN(CC)c1ccc2c(c1)OC[C@H]1[C@H]2N=C2SC(C)=C(c3ccc(C)cc3)N2C1(C)C. The van der Waals surface area contributed by atoms with Crippen LogP contribution in [0.1, 0.15) is 57.4 Å². The van der Waals surface area contributed by atoms with Crippen LogP contribution in [0.4, 0.5) is 5.69 Å². The Balaban J connectivity index is 1.56. The second-order valence-corrected chi connectivity index (χ2v) is 10.7. The summed E-state index contributed by atoms with van der Waals surface area (Å²) in [6.07, 6.45) is 0. The minimum Gasteiger partial charge on any atom is -0.493 e. The summed E-state index contributed by atoms with van der Waals surface area (Å²) in [5.74, 6) is 1.28. The van der Waals surface area contributed by atoms with Crippen LogP contribution < -0.4 is 9.64 Å². The van der Waals surface area contributed by atoms with Crippen molar-refractivity contribution in [3.05, 3.63) is 64.1 Å². The van der Waals surface area contributed by atoms with E-state index < -0.39 is 0 Å². The van der Waals surface area contributed by atoms with Gasteiger partial charge in [-0.25, -0.2) is 0 Å². The quantitative estimate of drug-likeness (QED) is 0.536. The number of nitrogens with zero attached hydrogens (tertiary/aromatic N) is 3. The first-order valence-electron chi connectivity index (χ1n) is 11.7. The van der Waals surface area contributed by atoms with Gasteiger partial charge in [-0.05, 0) is 53.2 Å². The zero-order valence-electron chi connectivity index (χ0n) is 20.0. The zero-order valence-corrected chi connectivity index (χ0v) is 20.8. The minimum absolute atomic E-state index is 0.109. The van der Waals surface area contributed by atoms with E-state index in [-0.39, 0.29) is 17.5 Å². The molecular formula is C27H33N3OS. The molecule has 0 bridgehead atoms. The van der Waals surface area contributed by atoms with Crippen LogP contribution in [0.5, 0.6) is 5.75 Å². The Kier molecular flexibility index (Phi) is 5.28. The highest BCUT2D eigenvalue weighted by Gasteiger charge is 2.52. The Morgan fingerprint density at radius 2 is 1.81 bits per heavy atom. The van der Waals surface area contributed by atoms with E-state index in [1.165, 1.54) is 33.0 Å². The molecule has 0 aliphatic carbocycles. The number of amidine groups is 1. The van der Waals surface area contributed by atoms with Gasteiger partial charge in [0.15, 0.2) is 5.17 Å². The Hall–Kier alpha value is -2.40. The number of thioether (sulfide) groups is 1. The second-order valence-electron chi connectivity index (χ2n) is 9.53. The lowest BCUT2D eigenvalue weighted by molar-refractivity contribution is 0.0745. The lowest BCUT2D eigenvalue weighted by Crippen LogP contribution is -2.56. The van der Waals surface area contributed by atoms with E-state index in [4.69, 9.17) is 9.73 Å². The molecule has 3 aliphatic rings. The molecule has 0 saturated heterocycles. The molecule has 5 rings (SSSR count). The van der Waals surface area contributed by atoms with Gasteiger partial charge in [-0.3, -0.25) is 4.99 Å². The molecule has 4 nitrogen and oxygen atoms in total. The third-order valence-electron chi connectivity index (χ3n) is 7.29. The van der Waals surface area contributed by atoms with Crippen molar-refractivity contribution in [1.29, 1.82) is 0 Å². The number of fused-ring (bicyclic) bond motifs is 4. The molecule has 0 amide bonds. The lowest BCUT2D eigenvalue weighted by atomic mass is 9.75. The molecule has 0 spiro atoms. The Morgan fingerprint density at radius 1 is 1.09 bits per heavy atom. The van der Waals surface area contributed by atoms with Crippen LogP contribution in [0.2, 0.25) is 0 Å². The Labute approximate surface area is 196 Å². The molecular weight excluding hydrogens is 414 g/mol. The Morgan fingerprint density at radius 3 is 2.50 bits per heavy atom. The number of aryl methyl sites for hydroxylation is 1. The number of hydrogen-bond acceptors (Lipinski definition) is 5. The summed E-state index contributed by atoms with van der Waals surface area (Å²) in [6, 6.07) is 15.7. The molecule has 0 aromatic heterocycles. The van der Waals surface area contributed by atoms with Crippen molar-refractivity contribution in [2.24, 2.45) is 10.9 Å². The van der Waals surface area contributed by atoms with E-state index in [1.807, 2.05) is 11.8 Å². The summed E-state index contributed by atoms with van der Waals surface area (Å²) in [7, 11) is 0. The van der Waals surface area contributed by atoms with Crippen LogP contribution in [0.25, 0.3) is 5.70 Å². The van der Waals surface area contributed by atoms with Crippen molar-refractivity contribution in [2.75, 3.05) is 24.6 Å². The smallest absolute Gasteiger partial charge is 0.169 e. The molecule has 0 fully saturated rings. The van der Waals surface area contributed by atoms with Crippen LogP contribution in [-0.4, -0.2) is 35.3 Å². The first kappa shape index (κ1) is 21.4. The van der Waals surface area contributed by atoms with E-state index in [0.29, 0.717) is 6.61 Å². The van der Waals surface area contributed by atoms with E-state index in [2.05, 4.69) is 93.8 Å². The van der Waals surface area contributed by atoms with Gasteiger partial charge in [0.1, 0.15) is 5.75 Å². The van der Waals surface area contributed by atoms with Crippen LogP contribution in [0.3, 0.4) is 0 Å². The number of hydrogen-bond donors (Lipinski definition) is 0. The van der Waals surface area contributed by atoms with E-state index in [0.717, 1.165) is 24.0 Å². The molecule has 0 radical (unpaired) electrons. The first-order valence-corrected chi connectivity index (χ1v) is 12.5. The minimum atomic E-state index is -0.109. The van der Waals surface area contributed by atoms with Gasteiger partial charge in [0.25, 0.3) is 0 Å². The maximum atomic E-state index is 6.39. The molecule has 0 saturated carbocycles. The summed E-state index contributed by atoms with van der Waals surface area (Å²) in [5.41, 5.74) is 6.18. The van der Waals surface area contributed by atoms with E-state index >= 15 is 0 Å². The highest BCUT2D eigenvalue weighted by molar-refractivity contribution is 8.17. The number of allylic oxidation sites excluding steroid dienone is 1. The van der Waals surface area contributed by atoms with Crippen LogP contribution in [0.15, 0.2) is 52.4 Å². The third kappa shape index (κ3) is 3.24. The van der Waals surface area contributed by atoms with Gasteiger partial charge in [-0.2, -0.15) is 0 Å². The highest BCUT2D eigenvalue weighted by Crippen LogP contribution is 2.55. The number of benzene rings is 2. The number of ether oxygens (including phenoxy) is 1. The molecule has 2 aromatic carbocycles. The van der Waals surface area contributed by atoms with Gasteiger partial charge in [0, 0.05) is 46.8 Å². The molecule has 3 aliphatic heterocycles. The molecule has 2 aromatic rings. The Bertz CT molecular complexity index is 1100. The van der Waals surface area contributed by atoms with Crippen molar-refractivity contribution in [2.45, 2.75) is 53.1 Å². The molecule has 3 heterocycles. The van der Waals surface area contributed by atoms with Crippen molar-refractivity contribution >= 4 is 28.3 Å².